The Hall–Kier alpha value is -2.19. The van der Waals surface area contributed by atoms with Crippen LogP contribution in [0, 0.1) is 0 Å². The molecule has 2 aromatic heterocycles. The van der Waals surface area contributed by atoms with Crippen molar-refractivity contribution in [1.82, 2.24) is 20.3 Å². The van der Waals surface area contributed by atoms with Gasteiger partial charge in [-0.2, -0.15) is 13.2 Å². The second kappa shape index (κ2) is 6.74. The fourth-order valence-electron chi connectivity index (χ4n) is 2.37. The van der Waals surface area contributed by atoms with E-state index in [0.29, 0.717) is 0 Å². The summed E-state index contributed by atoms with van der Waals surface area (Å²) >= 11 is 0.724. The molecule has 0 spiro atoms. The largest absolute Gasteiger partial charge is 0.425 e. The van der Waals surface area contributed by atoms with E-state index in [0.717, 1.165) is 22.6 Å². The van der Waals surface area contributed by atoms with Gasteiger partial charge in [0.25, 0.3) is 0 Å². The Labute approximate surface area is 140 Å². The lowest BCUT2D eigenvalue weighted by molar-refractivity contribution is -0.134. The third-order valence-electron chi connectivity index (χ3n) is 3.68. The Bertz CT molecular complexity index is 779. The van der Waals surface area contributed by atoms with Crippen molar-refractivity contribution >= 4 is 11.3 Å². The van der Waals surface area contributed by atoms with Gasteiger partial charge in [0, 0.05) is 12.6 Å². The van der Waals surface area contributed by atoms with Gasteiger partial charge < -0.3 is 5.32 Å². The van der Waals surface area contributed by atoms with Crippen molar-refractivity contribution in [3.05, 3.63) is 64.1 Å². The van der Waals surface area contributed by atoms with Crippen molar-refractivity contribution in [2.75, 3.05) is 0 Å². The number of aromatic nitrogens is 3. The second-order valence-corrected chi connectivity index (χ2v) is 6.23. The molecule has 0 aliphatic rings. The highest BCUT2D eigenvalue weighted by atomic mass is 32.1. The highest BCUT2D eigenvalue weighted by Gasteiger charge is 2.34. The SMILES string of the molecule is CC(NCc1ccsc1C(F)(F)F)c1ccc(-n2ccnn2)cc1. The van der Waals surface area contributed by atoms with Crippen LogP contribution in [0.15, 0.2) is 48.1 Å². The van der Waals surface area contributed by atoms with E-state index in [4.69, 9.17) is 0 Å². The zero-order valence-corrected chi connectivity index (χ0v) is 13.6. The summed E-state index contributed by atoms with van der Waals surface area (Å²) in [6, 6.07) is 9.08. The molecule has 2 heterocycles. The summed E-state index contributed by atoms with van der Waals surface area (Å²) in [5.41, 5.74) is 2.14. The normalized spacial score (nSPS) is 13.2. The van der Waals surface area contributed by atoms with Crippen LogP contribution in [0.4, 0.5) is 13.2 Å². The fraction of sp³-hybridized carbons (Fsp3) is 0.250. The molecule has 0 saturated carbocycles. The molecule has 4 nitrogen and oxygen atoms in total. The topological polar surface area (TPSA) is 42.7 Å². The van der Waals surface area contributed by atoms with Crippen LogP contribution in [0.5, 0.6) is 0 Å². The molecule has 0 radical (unpaired) electrons. The average Bonchev–Trinajstić information content (AvgIpc) is 3.23. The molecule has 8 heteroatoms. The molecule has 0 aliphatic heterocycles. The van der Waals surface area contributed by atoms with Gasteiger partial charge >= 0.3 is 6.18 Å². The maximum Gasteiger partial charge on any atom is 0.425 e. The number of hydrogen-bond acceptors (Lipinski definition) is 4. The first-order valence-electron chi connectivity index (χ1n) is 7.29. The minimum absolute atomic E-state index is 0.0734. The highest BCUT2D eigenvalue weighted by molar-refractivity contribution is 7.10. The monoisotopic (exact) mass is 352 g/mol. The third-order valence-corrected chi connectivity index (χ3v) is 4.68. The Kier molecular flexibility index (Phi) is 4.68. The van der Waals surface area contributed by atoms with Crippen LogP contribution in [0.3, 0.4) is 0 Å². The molecule has 24 heavy (non-hydrogen) atoms. The Morgan fingerprint density at radius 1 is 1.21 bits per heavy atom. The summed E-state index contributed by atoms with van der Waals surface area (Å²) in [5, 5.41) is 12.3. The summed E-state index contributed by atoms with van der Waals surface area (Å²) in [5.74, 6) is 0. The van der Waals surface area contributed by atoms with E-state index in [-0.39, 0.29) is 18.2 Å². The average molecular weight is 352 g/mol. The van der Waals surface area contributed by atoms with Gasteiger partial charge in [0.2, 0.25) is 0 Å². The van der Waals surface area contributed by atoms with E-state index >= 15 is 0 Å². The second-order valence-electron chi connectivity index (χ2n) is 5.31. The van der Waals surface area contributed by atoms with Crippen LogP contribution in [-0.4, -0.2) is 15.0 Å². The van der Waals surface area contributed by atoms with E-state index in [1.807, 2.05) is 31.2 Å². The first-order valence-corrected chi connectivity index (χ1v) is 8.16. The van der Waals surface area contributed by atoms with Crippen molar-refractivity contribution in [2.24, 2.45) is 0 Å². The van der Waals surface area contributed by atoms with E-state index in [1.54, 1.807) is 17.1 Å². The van der Waals surface area contributed by atoms with E-state index in [9.17, 15) is 13.2 Å². The number of thiophene rings is 1. The summed E-state index contributed by atoms with van der Waals surface area (Å²) in [7, 11) is 0. The van der Waals surface area contributed by atoms with Crippen LogP contribution >= 0.6 is 11.3 Å². The van der Waals surface area contributed by atoms with Crippen molar-refractivity contribution in [2.45, 2.75) is 25.7 Å². The van der Waals surface area contributed by atoms with Crippen LogP contribution in [0.2, 0.25) is 0 Å². The number of halogens is 3. The minimum Gasteiger partial charge on any atom is -0.306 e. The number of nitrogens with zero attached hydrogens (tertiary/aromatic N) is 3. The van der Waals surface area contributed by atoms with Gasteiger partial charge in [-0.15, -0.1) is 16.4 Å². The zero-order chi connectivity index (χ0) is 17.2. The standard InChI is InChI=1S/C16H15F3N4S/c1-11(20-10-13-6-9-24-15(13)16(17,18)19)12-2-4-14(5-3-12)23-8-7-21-22-23/h2-9,11,20H,10H2,1H3. The third kappa shape index (κ3) is 3.65. The summed E-state index contributed by atoms with van der Waals surface area (Å²) in [6.07, 6.45) is -0.961. The first kappa shape index (κ1) is 16.7. The Morgan fingerprint density at radius 3 is 2.58 bits per heavy atom. The van der Waals surface area contributed by atoms with E-state index in [1.165, 1.54) is 11.4 Å². The predicted octanol–water partition coefficient (Wildman–Crippen LogP) is 4.20. The van der Waals surface area contributed by atoms with Crippen molar-refractivity contribution in [3.8, 4) is 5.69 Å². The van der Waals surface area contributed by atoms with Gasteiger partial charge in [-0.3, -0.25) is 0 Å². The van der Waals surface area contributed by atoms with Crippen molar-refractivity contribution in [1.29, 1.82) is 0 Å². The van der Waals surface area contributed by atoms with Crippen molar-refractivity contribution in [3.63, 3.8) is 0 Å². The molecule has 0 bridgehead atoms. The molecule has 1 aromatic carbocycles. The Morgan fingerprint density at radius 2 is 1.96 bits per heavy atom. The predicted molar refractivity (Wildman–Crippen MR) is 85.9 cm³/mol. The fourth-order valence-corrected chi connectivity index (χ4v) is 3.16. The van der Waals surface area contributed by atoms with Crippen LogP contribution < -0.4 is 5.32 Å². The lowest BCUT2D eigenvalue weighted by atomic mass is 10.1. The van der Waals surface area contributed by atoms with Crippen LogP contribution in [-0.2, 0) is 12.7 Å². The maximum atomic E-state index is 12.9. The van der Waals surface area contributed by atoms with E-state index in [2.05, 4.69) is 15.6 Å². The van der Waals surface area contributed by atoms with E-state index < -0.39 is 11.1 Å². The lowest BCUT2D eigenvalue weighted by Gasteiger charge is -2.15. The lowest BCUT2D eigenvalue weighted by Crippen LogP contribution is -2.19. The van der Waals surface area contributed by atoms with Crippen molar-refractivity contribution < 1.29 is 13.2 Å². The van der Waals surface area contributed by atoms with Crippen LogP contribution in [0.25, 0.3) is 5.69 Å². The Balaban J connectivity index is 1.65. The summed E-state index contributed by atoms with van der Waals surface area (Å²) < 4.78 is 40.3. The quantitative estimate of drug-likeness (QED) is 0.748. The summed E-state index contributed by atoms with van der Waals surface area (Å²) in [4.78, 5) is -0.538. The molecule has 3 rings (SSSR count). The molecular weight excluding hydrogens is 337 g/mol. The number of hydrogen-bond donors (Lipinski definition) is 1. The van der Waals surface area contributed by atoms with Gasteiger partial charge in [-0.05, 0) is 41.6 Å². The van der Waals surface area contributed by atoms with Gasteiger partial charge in [-0.1, -0.05) is 17.3 Å². The van der Waals surface area contributed by atoms with Gasteiger partial charge in [-0.25, -0.2) is 4.68 Å². The first-order chi connectivity index (χ1) is 11.4. The molecule has 3 aromatic rings. The molecule has 0 amide bonds. The molecule has 0 fully saturated rings. The molecule has 1 unspecified atom stereocenters. The highest BCUT2D eigenvalue weighted by Crippen LogP contribution is 2.36. The minimum atomic E-state index is -4.30. The molecule has 0 aliphatic carbocycles. The van der Waals surface area contributed by atoms with Gasteiger partial charge in [0.1, 0.15) is 4.88 Å². The molecule has 1 N–H and O–H groups in total. The van der Waals surface area contributed by atoms with Gasteiger partial charge in [0.05, 0.1) is 18.1 Å². The molecule has 1 atom stereocenters. The summed E-state index contributed by atoms with van der Waals surface area (Å²) in [6.45, 7) is 2.09. The number of alkyl halides is 3. The smallest absolute Gasteiger partial charge is 0.306 e. The molecule has 126 valence electrons. The zero-order valence-electron chi connectivity index (χ0n) is 12.8. The number of rotatable bonds is 5. The van der Waals surface area contributed by atoms with Gasteiger partial charge in [0.15, 0.2) is 0 Å². The molecule has 0 saturated heterocycles. The number of benzene rings is 1. The van der Waals surface area contributed by atoms with Crippen LogP contribution in [0.1, 0.15) is 29.0 Å². The maximum absolute atomic E-state index is 12.9. The molecular formula is C16H15F3N4S. The number of nitrogens with one attached hydrogen (secondary N) is 1.